The van der Waals surface area contributed by atoms with Gasteiger partial charge in [0.05, 0.1) is 6.61 Å². The molecule has 0 bridgehead atoms. The van der Waals surface area contributed by atoms with Gasteiger partial charge in [-0.25, -0.2) is 4.39 Å². The molecule has 0 atom stereocenters. The van der Waals surface area contributed by atoms with E-state index in [0.717, 1.165) is 68.7 Å². The van der Waals surface area contributed by atoms with Crippen LogP contribution < -0.4 is 4.74 Å². The molecule has 0 unspecified atom stereocenters. The van der Waals surface area contributed by atoms with Crippen molar-refractivity contribution in [2.24, 2.45) is 5.92 Å². The van der Waals surface area contributed by atoms with Crippen LogP contribution in [-0.4, -0.2) is 48.7 Å². The van der Waals surface area contributed by atoms with Crippen molar-refractivity contribution in [2.75, 3.05) is 33.0 Å². The Morgan fingerprint density at radius 2 is 1.81 bits per heavy atom. The maximum absolute atomic E-state index is 13.9. The first-order chi connectivity index (χ1) is 13.2. The highest BCUT2D eigenvalue weighted by atomic mass is 19.1. The van der Waals surface area contributed by atoms with Crippen molar-refractivity contribution in [3.63, 3.8) is 0 Å². The number of ether oxygens (including phenoxy) is 2. The van der Waals surface area contributed by atoms with E-state index in [4.69, 9.17) is 9.47 Å². The average Bonchev–Trinajstić information content (AvgIpc) is 2.97. The van der Waals surface area contributed by atoms with Crippen molar-refractivity contribution in [2.45, 2.75) is 51.7 Å². The number of carbonyl (C=O) groups excluding carboxylic acids is 1. The summed E-state index contributed by atoms with van der Waals surface area (Å²) in [5.74, 6) is 1.01. The monoisotopic (exact) mass is 376 g/mol. The van der Waals surface area contributed by atoms with Crippen LogP contribution in [0.2, 0.25) is 0 Å². The number of nitrogens with zero attached hydrogens (tertiary/aromatic N) is 2. The summed E-state index contributed by atoms with van der Waals surface area (Å²) in [6.07, 6.45) is 6.53. The number of amides is 1. The van der Waals surface area contributed by atoms with Crippen LogP contribution in [0.1, 0.15) is 49.7 Å². The van der Waals surface area contributed by atoms with E-state index in [1.165, 1.54) is 18.9 Å². The summed E-state index contributed by atoms with van der Waals surface area (Å²) in [5, 5.41) is 0. The SMILES string of the molecule is O=C(C1CCN(Cc2cc(F)cc3c2OCOC3)CC1)N1CCCCCC1. The van der Waals surface area contributed by atoms with Crippen molar-refractivity contribution in [1.82, 2.24) is 9.80 Å². The molecule has 5 nitrogen and oxygen atoms in total. The second kappa shape index (κ2) is 8.57. The average molecular weight is 376 g/mol. The summed E-state index contributed by atoms with van der Waals surface area (Å²) < 4.78 is 24.8. The van der Waals surface area contributed by atoms with Gasteiger partial charge in [0.1, 0.15) is 11.6 Å². The van der Waals surface area contributed by atoms with E-state index in [1.807, 2.05) is 0 Å². The van der Waals surface area contributed by atoms with Gasteiger partial charge in [0.2, 0.25) is 5.91 Å². The van der Waals surface area contributed by atoms with Crippen molar-refractivity contribution in [3.8, 4) is 5.75 Å². The molecule has 1 amide bonds. The number of likely N-dealkylation sites (tertiary alicyclic amines) is 2. The van der Waals surface area contributed by atoms with Crippen molar-refractivity contribution < 1.29 is 18.7 Å². The van der Waals surface area contributed by atoms with Crippen LogP contribution in [0.5, 0.6) is 5.75 Å². The minimum Gasteiger partial charge on any atom is -0.467 e. The fourth-order valence-corrected chi connectivity index (χ4v) is 4.50. The molecule has 2 saturated heterocycles. The molecule has 3 heterocycles. The topological polar surface area (TPSA) is 42.0 Å². The van der Waals surface area contributed by atoms with Crippen LogP contribution in [0.3, 0.4) is 0 Å². The predicted octanol–water partition coefficient (Wildman–Crippen LogP) is 3.31. The molecule has 0 saturated carbocycles. The number of piperidine rings is 1. The van der Waals surface area contributed by atoms with Crippen molar-refractivity contribution in [1.29, 1.82) is 0 Å². The number of fused-ring (bicyclic) bond motifs is 1. The van der Waals surface area contributed by atoms with Gasteiger partial charge in [-0.2, -0.15) is 0 Å². The van der Waals surface area contributed by atoms with Crippen LogP contribution in [0.15, 0.2) is 12.1 Å². The third kappa shape index (κ3) is 4.43. The van der Waals surface area contributed by atoms with E-state index >= 15 is 0 Å². The zero-order valence-electron chi connectivity index (χ0n) is 15.9. The lowest BCUT2D eigenvalue weighted by Gasteiger charge is -2.34. The first-order valence-corrected chi connectivity index (χ1v) is 10.2. The Morgan fingerprint density at radius 3 is 2.56 bits per heavy atom. The third-order valence-electron chi connectivity index (χ3n) is 6.00. The van der Waals surface area contributed by atoms with Crippen LogP contribution in [-0.2, 0) is 22.7 Å². The molecule has 6 heteroatoms. The van der Waals surface area contributed by atoms with Crippen LogP contribution in [0.4, 0.5) is 4.39 Å². The molecule has 4 rings (SSSR count). The van der Waals surface area contributed by atoms with E-state index in [1.54, 1.807) is 6.07 Å². The zero-order valence-corrected chi connectivity index (χ0v) is 15.9. The molecule has 148 valence electrons. The lowest BCUT2D eigenvalue weighted by molar-refractivity contribution is -0.137. The first-order valence-electron chi connectivity index (χ1n) is 10.2. The molecule has 1 aromatic rings. The fraction of sp³-hybridized carbons (Fsp3) is 0.667. The summed E-state index contributed by atoms with van der Waals surface area (Å²) in [4.78, 5) is 17.2. The minimum atomic E-state index is -0.246. The summed E-state index contributed by atoms with van der Waals surface area (Å²) in [6, 6.07) is 3.06. The standard InChI is InChI=1S/C21H29FN2O3/c22-19-11-17(20-18(12-19)14-26-15-27-20)13-23-9-5-16(6-10-23)21(25)24-7-3-1-2-4-8-24/h11-12,16H,1-10,13-15H2. The van der Waals surface area contributed by atoms with Gasteiger partial charge < -0.3 is 14.4 Å². The Morgan fingerprint density at radius 1 is 1.07 bits per heavy atom. The number of hydrogen-bond donors (Lipinski definition) is 0. The molecule has 3 aliphatic rings. The lowest BCUT2D eigenvalue weighted by Crippen LogP contribution is -2.42. The Hall–Kier alpha value is -1.66. The van der Waals surface area contributed by atoms with Gasteiger partial charge in [-0.15, -0.1) is 0 Å². The van der Waals surface area contributed by atoms with Gasteiger partial charge in [0.25, 0.3) is 0 Å². The number of carbonyl (C=O) groups is 1. The summed E-state index contributed by atoms with van der Waals surface area (Å²) in [7, 11) is 0. The van der Waals surface area contributed by atoms with E-state index < -0.39 is 0 Å². The smallest absolute Gasteiger partial charge is 0.225 e. The second-order valence-corrected chi connectivity index (χ2v) is 7.95. The Kier molecular flexibility index (Phi) is 5.93. The van der Waals surface area contributed by atoms with Crippen LogP contribution in [0, 0.1) is 11.7 Å². The maximum atomic E-state index is 13.9. The Balaban J connectivity index is 1.35. The van der Waals surface area contributed by atoms with Crippen molar-refractivity contribution in [3.05, 3.63) is 29.1 Å². The van der Waals surface area contributed by atoms with Crippen molar-refractivity contribution >= 4 is 5.91 Å². The molecule has 0 spiro atoms. The quantitative estimate of drug-likeness (QED) is 0.812. The highest BCUT2D eigenvalue weighted by molar-refractivity contribution is 5.79. The second-order valence-electron chi connectivity index (χ2n) is 7.95. The molecular weight excluding hydrogens is 347 g/mol. The van der Waals surface area contributed by atoms with E-state index in [0.29, 0.717) is 19.1 Å². The molecular formula is C21H29FN2O3. The van der Waals surface area contributed by atoms with E-state index in [2.05, 4.69) is 9.80 Å². The van der Waals surface area contributed by atoms with Gasteiger partial charge in [0.15, 0.2) is 6.79 Å². The van der Waals surface area contributed by atoms with Gasteiger partial charge in [0, 0.05) is 36.7 Å². The molecule has 0 aromatic heterocycles. The van der Waals surface area contributed by atoms with Crippen LogP contribution in [0.25, 0.3) is 0 Å². The highest BCUT2D eigenvalue weighted by Gasteiger charge is 2.29. The molecule has 27 heavy (non-hydrogen) atoms. The molecule has 0 radical (unpaired) electrons. The highest BCUT2D eigenvalue weighted by Crippen LogP contribution is 2.31. The largest absolute Gasteiger partial charge is 0.467 e. The van der Waals surface area contributed by atoms with E-state index in [9.17, 15) is 9.18 Å². The Labute approximate surface area is 160 Å². The molecule has 1 aromatic carbocycles. The summed E-state index contributed by atoms with van der Waals surface area (Å²) >= 11 is 0. The summed E-state index contributed by atoms with van der Waals surface area (Å²) in [6.45, 7) is 4.86. The molecule has 0 aliphatic carbocycles. The number of halogens is 1. The first kappa shape index (κ1) is 18.7. The zero-order chi connectivity index (χ0) is 18.6. The van der Waals surface area contributed by atoms with Gasteiger partial charge in [-0.3, -0.25) is 9.69 Å². The van der Waals surface area contributed by atoms with Gasteiger partial charge >= 0.3 is 0 Å². The molecule has 2 fully saturated rings. The van der Waals surface area contributed by atoms with Gasteiger partial charge in [-0.1, -0.05) is 12.8 Å². The number of rotatable bonds is 3. The molecule has 0 N–H and O–H groups in total. The fourth-order valence-electron chi connectivity index (χ4n) is 4.50. The van der Waals surface area contributed by atoms with Crippen LogP contribution >= 0.6 is 0 Å². The predicted molar refractivity (Wildman–Crippen MR) is 99.7 cm³/mol. The normalized spacial score (nSPS) is 22.0. The maximum Gasteiger partial charge on any atom is 0.225 e. The Bertz CT molecular complexity index is 666. The number of benzene rings is 1. The lowest BCUT2D eigenvalue weighted by atomic mass is 9.94. The summed E-state index contributed by atoms with van der Waals surface area (Å²) in [5.41, 5.74) is 1.66. The third-order valence-corrected chi connectivity index (χ3v) is 6.00. The molecule has 3 aliphatic heterocycles. The number of hydrogen-bond acceptors (Lipinski definition) is 4. The van der Waals surface area contributed by atoms with Gasteiger partial charge in [-0.05, 0) is 50.9 Å². The van der Waals surface area contributed by atoms with E-state index in [-0.39, 0.29) is 18.5 Å². The minimum absolute atomic E-state index is 0.144.